The van der Waals surface area contributed by atoms with Crippen LogP contribution in [0.3, 0.4) is 0 Å². The van der Waals surface area contributed by atoms with Gasteiger partial charge in [-0.1, -0.05) is 5.16 Å². The molecule has 1 atom stereocenters. The van der Waals surface area contributed by atoms with Crippen LogP contribution in [0.5, 0.6) is 5.75 Å². The Bertz CT molecular complexity index is 845. The van der Waals surface area contributed by atoms with Gasteiger partial charge in [0.05, 0.1) is 19.0 Å². The third kappa shape index (κ3) is 3.26. The molecule has 0 N–H and O–H groups in total. The van der Waals surface area contributed by atoms with Gasteiger partial charge in [-0.15, -0.1) is 0 Å². The summed E-state index contributed by atoms with van der Waals surface area (Å²) in [6.45, 7) is 0.919. The highest BCUT2D eigenvalue weighted by atomic mass is 32.2. The van der Waals surface area contributed by atoms with E-state index in [0.29, 0.717) is 24.9 Å². The van der Waals surface area contributed by atoms with E-state index in [1.54, 1.807) is 19.2 Å². The van der Waals surface area contributed by atoms with Gasteiger partial charge < -0.3 is 14.0 Å². The number of ether oxygens (including phenoxy) is 2. The van der Waals surface area contributed by atoms with Gasteiger partial charge in [-0.2, -0.15) is 9.29 Å². The minimum atomic E-state index is -3.23. The Balaban J connectivity index is 1.51. The van der Waals surface area contributed by atoms with Crippen molar-refractivity contribution in [2.75, 3.05) is 26.8 Å². The molecule has 2 fully saturated rings. The molecule has 2 aliphatic rings. The van der Waals surface area contributed by atoms with Crippen LogP contribution < -0.4 is 4.74 Å². The fourth-order valence-corrected chi connectivity index (χ4v) is 4.63. The highest BCUT2D eigenvalue weighted by Gasteiger charge is 2.42. The second-order valence-corrected chi connectivity index (χ2v) is 8.36. The SMILES string of the molecule is COc1ccc(-c2nc(C3CN(S(=O)(=O)C4CC4)CCO3)no2)cc1. The van der Waals surface area contributed by atoms with E-state index in [4.69, 9.17) is 14.0 Å². The number of sulfonamides is 1. The van der Waals surface area contributed by atoms with Crippen LogP contribution in [-0.4, -0.2) is 54.9 Å². The maximum Gasteiger partial charge on any atom is 0.258 e. The van der Waals surface area contributed by atoms with Crippen molar-refractivity contribution in [1.82, 2.24) is 14.4 Å². The molecule has 1 aliphatic carbocycles. The van der Waals surface area contributed by atoms with Crippen LogP contribution in [0.4, 0.5) is 0 Å². The summed E-state index contributed by atoms with van der Waals surface area (Å²) < 4.78 is 42.4. The van der Waals surface area contributed by atoms with Crippen molar-refractivity contribution in [2.24, 2.45) is 0 Å². The zero-order chi connectivity index (χ0) is 17.4. The Morgan fingerprint density at radius 2 is 2.00 bits per heavy atom. The highest BCUT2D eigenvalue weighted by molar-refractivity contribution is 7.90. The van der Waals surface area contributed by atoms with E-state index in [9.17, 15) is 8.42 Å². The zero-order valence-corrected chi connectivity index (χ0v) is 14.6. The normalized spacial score (nSPS) is 22.0. The summed E-state index contributed by atoms with van der Waals surface area (Å²) in [5.41, 5.74) is 0.762. The van der Waals surface area contributed by atoms with Crippen LogP contribution in [0.15, 0.2) is 28.8 Å². The first-order valence-electron chi connectivity index (χ1n) is 8.16. The smallest absolute Gasteiger partial charge is 0.258 e. The Morgan fingerprint density at radius 1 is 1.24 bits per heavy atom. The molecule has 1 aromatic carbocycles. The lowest BCUT2D eigenvalue weighted by Crippen LogP contribution is -2.43. The monoisotopic (exact) mass is 365 g/mol. The molecule has 4 rings (SSSR count). The van der Waals surface area contributed by atoms with Crippen molar-refractivity contribution in [3.8, 4) is 17.2 Å². The first-order valence-corrected chi connectivity index (χ1v) is 9.67. The Kier molecular flexibility index (Phi) is 4.22. The molecule has 0 spiro atoms. The van der Waals surface area contributed by atoms with Crippen LogP contribution >= 0.6 is 0 Å². The van der Waals surface area contributed by atoms with Crippen molar-refractivity contribution >= 4 is 10.0 Å². The minimum absolute atomic E-state index is 0.223. The lowest BCUT2D eigenvalue weighted by molar-refractivity contribution is -0.00863. The molecule has 0 bridgehead atoms. The first kappa shape index (κ1) is 16.5. The molecule has 25 heavy (non-hydrogen) atoms. The molecule has 1 unspecified atom stereocenters. The molecule has 1 aliphatic heterocycles. The number of hydrogen-bond donors (Lipinski definition) is 0. The molecule has 1 saturated heterocycles. The summed E-state index contributed by atoms with van der Waals surface area (Å²) in [4.78, 5) is 4.37. The molecular weight excluding hydrogens is 346 g/mol. The second kappa shape index (κ2) is 6.40. The van der Waals surface area contributed by atoms with Crippen molar-refractivity contribution < 1.29 is 22.4 Å². The topological polar surface area (TPSA) is 94.8 Å². The molecule has 0 amide bonds. The van der Waals surface area contributed by atoms with Gasteiger partial charge in [0.25, 0.3) is 5.89 Å². The second-order valence-electron chi connectivity index (χ2n) is 6.15. The summed E-state index contributed by atoms with van der Waals surface area (Å²) in [7, 11) is -1.63. The summed E-state index contributed by atoms with van der Waals surface area (Å²) in [6.07, 6.45) is 0.973. The van der Waals surface area contributed by atoms with E-state index in [0.717, 1.165) is 24.2 Å². The minimum Gasteiger partial charge on any atom is -0.497 e. The molecule has 2 heterocycles. The molecule has 134 valence electrons. The van der Waals surface area contributed by atoms with Crippen LogP contribution in [0.25, 0.3) is 11.5 Å². The Morgan fingerprint density at radius 3 is 2.68 bits per heavy atom. The average Bonchev–Trinajstić information content (AvgIpc) is 3.40. The number of morpholine rings is 1. The highest BCUT2D eigenvalue weighted by Crippen LogP contribution is 2.33. The molecule has 0 radical (unpaired) electrons. The number of hydrogen-bond acceptors (Lipinski definition) is 7. The van der Waals surface area contributed by atoms with E-state index in [-0.39, 0.29) is 11.8 Å². The summed E-state index contributed by atoms with van der Waals surface area (Å²) in [5.74, 6) is 1.46. The summed E-state index contributed by atoms with van der Waals surface area (Å²) in [5, 5.41) is 3.74. The number of benzene rings is 1. The van der Waals surface area contributed by atoms with E-state index >= 15 is 0 Å². The predicted octanol–water partition coefficient (Wildman–Crippen LogP) is 1.61. The van der Waals surface area contributed by atoms with Gasteiger partial charge >= 0.3 is 0 Å². The fraction of sp³-hybridized carbons (Fsp3) is 0.500. The molecule has 1 aromatic heterocycles. The average molecular weight is 365 g/mol. The largest absolute Gasteiger partial charge is 0.497 e. The van der Waals surface area contributed by atoms with Gasteiger partial charge in [-0.05, 0) is 37.1 Å². The fourth-order valence-electron chi connectivity index (χ4n) is 2.81. The molecule has 1 saturated carbocycles. The van der Waals surface area contributed by atoms with Crippen molar-refractivity contribution in [3.05, 3.63) is 30.1 Å². The van der Waals surface area contributed by atoms with Gasteiger partial charge in [0.15, 0.2) is 0 Å². The number of aromatic nitrogens is 2. The molecule has 9 heteroatoms. The third-order valence-electron chi connectivity index (χ3n) is 4.40. The van der Waals surface area contributed by atoms with Gasteiger partial charge in [0, 0.05) is 18.7 Å². The zero-order valence-electron chi connectivity index (χ0n) is 13.8. The van der Waals surface area contributed by atoms with Crippen LogP contribution in [0.2, 0.25) is 0 Å². The van der Waals surface area contributed by atoms with E-state index < -0.39 is 16.1 Å². The molecule has 8 nitrogen and oxygen atoms in total. The van der Waals surface area contributed by atoms with Gasteiger partial charge in [-0.25, -0.2) is 8.42 Å². The Hall–Kier alpha value is -1.97. The van der Waals surface area contributed by atoms with Gasteiger partial charge in [-0.3, -0.25) is 0 Å². The van der Waals surface area contributed by atoms with Crippen LogP contribution in [0, 0.1) is 0 Å². The van der Waals surface area contributed by atoms with E-state index in [2.05, 4.69) is 10.1 Å². The third-order valence-corrected chi connectivity index (χ3v) is 6.77. The lowest BCUT2D eigenvalue weighted by Gasteiger charge is -2.30. The predicted molar refractivity (Wildman–Crippen MR) is 88.5 cm³/mol. The Labute approximate surface area is 145 Å². The van der Waals surface area contributed by atoms with Crippen molar-refractivity contribution in [3.63, 3.8) is 0 Å². The van der Waals surface area contributed by atoms with Crippen molar-refractivity contribution in [1.29, 1.82) is 0 Å². The number of rotatable bonds is 5. The summed E-state index contributed by atoms with van der Waals surface area (Å²) in [6, 6.07) is 7.25. The summed E-state index contributed by atoms with van der Waals surface area (Å²) >= 11 is 0. The van der Waals surface area contributed by atoms with Crippen LogP contribution in [-0.2, 0) is 14.8 Å². The van der Waals surface area contributed by atoms with Gasteiger partial charge in [0.2, 0.25) is 15.8 Å². The first-order chi connectivity index (χ1) is 12.1. The van der Waals surface area contributed by atoms with Gasteiger partial charge in [0.1, 0.15) is 11.9 Å². The standard InChI is InChI=1S/C16H19N3O5S/c1-22-12-4-2-11(3-5-12)16-17-15(18-24-16)14-10-19(8-9-23-14)25(20,21)13-6-7-13/h2-5,13-14H,6-10H2,1H3. The number of nitrogens with zero attached hydrogens (tertiary/aromatic N) is 3. The van der Waals surface area contributed by atoms with Crippen molar-refractivity contribution in [2.45, 2.75) is 24.2 Å². The van der Waals surface area contributed by atoms with E-state index in [1.807, 2.05) is 12.1 Å². The lowest BCUT2D eigenvalue weighted by atomic mass is 10.2. The number of methoxy groups -OCH3 is 1. The van der Waals surface area contributed by atoms with Crippen LogP contribution in [0.1, 0.15) is 24.8 Å². The molecular formula is C16H19N3O5S. The molecule has 2 aromatic rings. The maximum absolute atomic E-state index is 12.4. The van der Waals surface area contributed by atoms with E-state index in [1.165, 1.54) is 4.31 Å². The maximum atomic E-state index is 12.4. The quantitative estimate of drug-likeness (QED) is 0.794.